The molecule has 8 heteroatoms. The number of likely N-dealkylation sites (tertiary alicyclic amines) is 2. The molecular formula is C21H30N4O4. The van der Waals surface area contributed by atoms with E-state index in [0.717, 1.165) is 24.9 Å². The number of anilines is 1. The first-order chi connectivity index (χ1) is 13.7. The SMILES string of the molecule is CC(C)(C)OC(=O)N1CC(NC(=O)Nc2cccc(CN3CCCCC3=O)c2)C1. The Kier molecular flexibility index (Phi) is 6.30. The minimum Gasteiger partial charge on any atom is -0.444 e. The number of amides is 4. The van der Waals surface area contributed by atoms with Gasteiger partial charge in [-0.2, -0.15) is 0 Å². The molecule has 2 fully saturated rings. The maximum Gasteiger partial charge on any atom is 0.410 e. The lowest BCUT2D eigenvalue weighted by atomic mass is 10.1. The van der Waals surface area contributed by atoms with Crippen LogP contribution in [0.15, 0.2) is 24.3 Å². The van der Waals surface area contributed by atoms with Crippen LogP contribution in [0.1, 0.15) is 45.6 Å². The number of urea groups is 1. The highest BCUT2D eigenvalue weighted by Gasteiger charge is 2.34. The van der Waals surface area contributed by atoms with Gasteiger partial charge >= 0.3 is 12.1 Å². The molecule has 0 spiro atoms. The Morgan fingerprint density at radius 2 is 1.97 bits per heavy atom. The molecule has 8 nitrogen and oxygen atoms in total. The number of carbonyl (C=O) groups excluding carboxylic acids is 3. The van der Waals surface area contributed by atoms with Crippen molar-refractivity contribution in [3.05, 3.63) is 29.8 Å². The van der Waals surface area contributed by atoms with Gasteiger partial charge in [0, 0.05) is 38.3 Å². The van der Waals surface area contributed by atoms with E-state index in [-0.39, 0.29) is 24.1 Å². The van der Waals surface area contributed by atoms with Crippen LogP contribution in [0.3, 0.4) is 0 Å². The second-order valence-corrected chi connectivity index (χ2v) is 8.65. The molecule has 0 aliphatic carbocycles. The molecule has 4 amide bonds. The van der Waals surface area contributed by atoms with Crippen LogP contribution < -0.4 is 10.6 Å². The van der Waals surface area contributed by atoms with E-state index in [1.807, 2.05) is 49.9 Å². The molecule has 2 N–H and O–H groups in total. The van der Waals surface area contributed by atoms with Crippen molar-refractivity contribution in [3.63, 3.8) is 0 Å². The molecule has 0 unspecified atom stereocenters. The van der Waals surface area contributed by atoms with E-state index in [0.29, 0.717) is 31.7 Å². The first-order valence-corrected chi connectivity index (χ1v) is 10.1. The molecule has 1 aromatic carbocycles. The van der Waals surface area contributed by atoms with Crippen LogP contribution in [0.25, 0.3) is 0 Å². The number of nitrogens with one attached hydrogen (secondary N) is 2. The van der Waals surface area contributed by atoms with Crippen molar-refractivity contribution in [3.8, 4) is 0 Å². The lowest BCUT2D eigenvalue weighted by Crippen LogP contribution is -2.62. The van der Waals surface area contributed by atoms with Gasteiger partial charge in [-0.25, -0.2) is 9.59 Å². The fraction of sp³-hybridized carbons (Fsp3) is 0.571. The van der Waals surface area contributed by atoms with E-state index in [1.54, 1.807) is 4.90 Å². The first-order valence-electron chi connectivity index (χ1n) is 10.1. The van der Waals surface area contributed by atoms with Crippen LogP contribution in [0.4, 0.5) is 15.3 Å². The molecule has 2 heterocycles. The molecule has 2 aliphatic rings. The van der Waals surface area contributed by atoms with Crippen LogP contribution >= 0.6 is 0 Å². The van der Waals surface area contributed by atoms with Crippen molar-refractivity contribution in [1.82, 2.24) is 15.1 Å². The molecule has 0 radical (unpaired) electrons. The number of ether oxygens (including phenoxy) is 1. The number of benzene rings is 1. The zero-order valence-electron chi connectivity index (χ0n) is 17.4. The highest BCUT2D eigenvalue weighted by Crippen LogP contribution is 2.18. The summed E-state index contributed by atoms with van der Waals surface area (Å²) in [6.45, 7) is 7.67. The summed E-state index contributed by atoms with van der Waals surface area (Å²) >= 11 is 0. The molecule has 0 bridgehead atoms. The Morgan fingerprint density at radius 1 is 1.21 bits per heavy atom. The molecule has 3 rings (SSSR count). The Morgan fingerprint density at radius 3 is 2.66 bits per heavy atom. The molecule has 2 saturated heterocycles. The van der Waals surface area contributed by atoms with E-state index < -0.39 is 5.60 Å². The second-order valence-electron chi connectivity index (χ2n) is 8.65. The maximum atomic E-state index is 12.3. The van der Waals surface area contributed by atoms with E-state index in [1.165, 1.54) is 0 Å². The lowest BCUT2D eigenvalue weighted by molar-refractivity contribution is -0.133. The molecule has 0 saturated carbocycles. The van der Waals surface area contributed by atoms with E-state index in [9.17, 15) is 14.4 Å². The highest BCUT2D eigenvalue weighted by atomic mass is 16.6. The predicted octanol–water partition coefficient (Wildman–Crippen LogP) is 2.94. The second kappa shape index (κ2) is 8.71. The van der Waals surface area contributed by atoms with Gasteiger partial charge in [-0.1, -0.05) is 12.1 Å². The van der Waals surface area contributed by atoms with Crippen LogP contribution in [0, 0.1) is 0 Å². The van der Waals surface area contributed by atoms with Crippen LogP contribution in [0.5, 0.6) is 0 Å². The summed E-state index contributed by atoms with van der Waals surface area (Å²) in [5, 5.41) is 5.68. The van der Waals surface area contributed by atoms with Crippen LogP contribution in [-0.2, 0) is 16.1 Å². The van der Waals surface area contributed by atoms with Gasteiger partial charge in [0.1, 0.15) is 5.60 Å². The molecule has 1 aromatic rings. The standard InChI is InChI=1S/C21H30N4O4/c1-21(2,3)29-20(28)25-13-17(14-25)23-19(27)22-16-8-6-7-15(11-16)12-24-10-5-4-9-18(24)26/h6-8,11,17H,4-5,9-10,12-14H2,1-3H3,(H2,22,23,27). The van der Waals surface area contributed by atoms with Gasteiger partial charge in [-0.3, -0.25) is 4.79 Å². The molecule has 0 atom stereocenters. The molecular weight excluding hydrogens is 372 g/mol. The summed E-state index contributed by atoms with van der Waals surface area (Å²) in [7, 11) is 0. The average molecular weight is 402 g/mol. The largest absolute Gasteiger partial charge is 0.444 e. The summed E-state index contributed by atoms with van der Waals surface area (Å²) < 4.78 is 5.30. The number of hydrogen-bond acceptors (Lipinski definition) is 4. The monoisotopic (exact) mass is 402 g/mol. The van der Waals surface area contributed by atoms with Gasteiger partial charge in [0.25, 0.3) is 0 Å². The lowest BCUT2D eigenvalue weighted by Gasteiger charge is -2.39. The minimum atomic E-state index is -0.531. The van der Waals surface area contributed by atoms with Crippen molar-refractivity contribution >= 4 is 23.7 Å². The minimum absolute atomic E-state index is 0.100. The van der Waals surface area contributed by atoms with Gasteiger partial charge in [-0.15, -0.1) is 0 Å². The first kappa shape index (κ1) is 21.0. The van der Waals surface area contributed by atoms with Crippen molar-refractivity contribution in [1.29, 1.82) is 0 Å². The maximum absolute atomic E-state index is 12.3. The fourth-order valence-electron chi connectivity index (χ4n) is 3.39. The van der Waals surface area contributed by atoms with Crippen molar-refractivity contribution < 1.29 is 19.1 Å². The normalized spacial score (nSPS) is 17.6. The molecule has 29 heavy (non-hydrogen) atoms. The summed E-state index contributed by atoms with van der Waals surface area (Å²) in [4.78, 5) is 39.6. The Bertz CT molecular complexity index is 768. The van der Waals surface area contributed by atoms with Gasteiger partial charge in [-0.05, 0) is 51.3 Å². The molecule has 158 valence electrons. The number of carbonyl (C=O) groups is 3. The zero-order valence-corrected chi connectivity index (χ0v) is 17.4. The summed E-state index contributed by atoms with van der Waals surface area (Å²) in [5.74, 6) is 0.187. The van der Waals surface area contributed by atoms with Crippen LogP contribution in [-0.4, -0.2) is 59.1 Å². The smallest absolute Gasteiger partial charge is 0.410 e. The average Bonchev–Trinajstić information content (AvgIpc) is 2.58. The van der Waals surface area contributed by atoms with Crippen molar-refractivity contribution in [2.45, 2.75) is 58.2 Å². The van der Waals surface area contributed by atoms with E-state index in [4.69, 9.17) is 4.74 Å². The number of hydrogen-bond donors (Lipinski definition) is 2. The number of rotatable bonds is 4. The predicted molar refractivity (Wildman–Crippen MR) is 109 cm³/mol. The van der Waals surface area contributed by atoms with E-state index >= 15 is 0 Å². The van der Waals surface area contributed by atoms with Gasteiger partial charge in [0.15, 0.2) is 0 Å². The molecule has 0 aromatic heterocycles. The highest BCUT2D eigenvalue weighted by molar-refractivity contribution is 5.89. The quantitative estimate of drug-likeness (QED) is 0.810. The number of piperidine rings is 1. The third-order valence-corrected chi connectivity index (χ3v) is 4.85. The van der Waals surface area contributed by atoms with Crippen LogP contribution in [0.2, 0.25) is 0 Å². The summed E-state index contributed by atoms with van der Waals surface area (Å²) in [6.07, 6.45) is 2.25. The van der Waals surface area contributed by atoms with E-state index in [2.05, 4.69) is 10.6 Å². The van der Waals surface area contributed by atoms with Gasteiger partial charge in [0.05, 0.1) is 6.04 Å². The van der Waals surface area contributed by atoms with Crippen molar-refractivity contribution in [2.75, 3.05) is 25.0 Å². The summed E-state index contributed by atoms with van der Waals surface area (Å²) in [5.41, 5.74) is 1.13. The third-order valence-electron chi connectivity index (χ3n) is 4.85. The third kappa shape index (κ3) is 6.10. The van der Waals surface area contributed by atoms with Gasteiger partial charge in [0.2, 0.25) is 5.91 Å². The Balaban J connectivity index is 1.44. The van der Waals surface area contributed by atoms with Gasteiger partial charge < -0.3 is 25.2 Å². The Labute approximate surface area is 171 Å². The summed E-state index contributed by atoms with van der Waals surface area (Å²) in [6, 6.07) is 7.11. The van der Waals surface area contributed by atoms with Crippen molar-refractivity contribution in [2.24, 2.45) is 0 Å². The Hall–Kier alpha value is -2.77. The topological polar surface area (TPSA) is 91.0 Å². The zero-order chi connectivity index (χ0) is 21.0. The molecule has 2 aliphatic heterocycles. The number of nitrogens with zero attached hydrogens (tertiary/aromatic N) is 2. The fourth-order valence-corrected chi connectivity index (χ4v) is 3.39.